The van der Waals surface area contributed by atoms with E-state index in [4.69, 9.17) is 4.99 Å². The monoisotopic (exact) mass is 543 g/mol. The van der Waals surface area contributed by atoms with Gasteiger partial charge in [0.25, 0.3) is 0 Å². The van der Waals surface area contributed by atoms with Crippen LogP contribution in [0.3, 0.4) is 0 Å². The Morgan fingerprint density at radius 1 is 1.03 bits per heavy atom. The Labute approximate surface area is 205 Å². The van der Waals surface area contributed by atoms with Gasteiger partial charge in [-0.3, -0.25) is 0 Å². The number of aliphatic imine (C=N–C) groups is 1. The van der Waals surface area contributed by atoms with Crippen molar-refractivity contribution in [1.82, 2.24) is 30.4 Å². The van der Waals surface area contributed by atoms with Crippen LogP contribution < -0.4 is 10.6 Å². The quantitative estimate of drug-likeness (QED) is 0.170. The molecule has 32 heavy (non-hydrogen) atoms. The van der Waals surface area contributed by atoms with Crippen molar-refractivity contribution in [3.05, 3.63) is 84.1 Å². The summed E-state index contributed by atoms with van der Waals surface area (Å²) >= 11 is 0. The largest absolute Gasteiger partial charge is 0.361 e. The lowest BCUT2D eigenvalue weighted by atomic mass is 10.1. The van der Waals surface area contributed by atoms with Gasteiger partial charge in [0.1, 0.15) is 12.2 Å². The molecule has 2 aromatic carbocycles. The minimum Gasteiger partial charge on any atom is -0.361 e. The SMILES string of the molecule is CCc1nncn1CCNC(=NCc1ccccc1)NCCc1c[nH]c2ccccc12.I. The zero-order valence-electron chi connectivity index (χ0n) is 18.3. The molecule has 0 aliphatic carbocycles. The van der Waals surface area contributed by atoms with E-state index in [-0.39, 0.29) is 24.0 Å². The molecule has 8 heteroatoms. The number of nitrogens with zero attached hydrogens (tertiary/aromatic N) is 4. The summed E-state index contributed by atoms with van der Waals surface area (Å²) in [4.78, 5) is 8.13. The van der Waals surface area contributed by atoms with Crippen LogP contribution in [0.15, 0.2) is 72.1 Å². The topological polar surface area (TPSA) is 82.9 Å². The maximum Gasteiger partial charge on any atom is 0.191 e. The van der Waals surface area contributed by atoms with Crippen molar-refractivity contribution >= 4 is 40.8 Å². The standard InChI is InChI=1S/C24H29N7.HI/c1-2-23-30-29-18-31(23)15-14-26-24(28-16-19-8-4-3-5-9-19)25-13-12-20-17-27-22-11-7-6-10-21(20)22;/h3-11,17-18,27H,2,12-16H2,1H3,(H2,25,26,28);1H. The molecule has 0 aliphatic rings. The van der Waals surface area contributed by atoms with Crippen LogP contribution in [0.4, 0.5) is 0 Å². The van der Waals surface area contributed by atoms with Gasteiger partial charge in [0.2, 0.25) is 0 Å². The highest BCUT2D eigenvalue weighted by Crippen LogP contribution is 2.17. The molecule has 0 saturated heterocycles. The van der Waals surface area contributed by atoms with Crippen molar-refractivity contribution in [3.8, 4) is 0 Å². The number of hydrogen-bond donors (Lipinski definition) is 3. The number of hydrogen-bond acceptors (Lipinski definition) is 3. The van der Waals surface area contributed by atoms with Gasteiger partial charge in [-0.25, -0.2) is 4.99 Å². The Balaban J connectivity index is 0.00000289. The van der Waals surface area contributed by atoms with Gasteiger partial charge in [-0.05, 0) is 23.6 Å². The summed E-state index contributed by atoms with van der Waals surface area (Å²) in [6, 6.07) is 18.7. The molecule has 4 aromatic rings. The number of fused-ring (bicyclic) bond motifs is 1. The van der Waals surface area contributed by atoms with Crippen LogP contribution in [-0.2, 0) is 25.9 Å². The molecular formula is C24H30IN7. The normalized spacial score (nSPS) is 11.3. The molecule has 0 unspecified atom stereocenters. The second-order valence-electron chi connectivity index (χ2n) is 7.41. The molecule has 4 rings (SSSR count). The second kappa shape index (κ2) is 12.2. The second-order valence-corrected chi connectivity index (χ2v) is 7.41. The zero-order chi connectivity index (χ0) is 21.3. The van der Waals surface area contributed by atoms with Gasteiger partial charge < -0.3 is 20.2 Å². The van der Waals surface area contributed by atoms with E-state index in [0.717, 1.165) is 44.3 Å². The van der Waals surface area contributed by atoms with Gasteiger partial charge in [0, 0.05) is 43.2 Å². The number of H-pyrrole nitrogens is 1. The van der Waals surface area contributed by atoms with Gasteiger partial charge in [0.15, 0.2) is 5.96 Å². The Bertz CT molecular complexity index is 1120. The van der Waals surface area contributed by atoms with Gasteiger partial charge in [-0.1, -0.05) is 55.5 Å². The molecule has 0 atom stereocenters. The summed E-state index contributed by atoms with van der Waals surface area (Å²) in [5, 5.41) is 16.4. The Morgan fingerprint density at radius 2 is 1.81 bits per heavy atom. The van der Waals surface area contributed by atoms with Crippen molar-refractivity contribution in [1.29, 1.82) is 0 Å². The van der Waals surface area contributed by atoms with Gasteiger partial charge in [0.05, 0.1) is 6.54 Å². The Morgan fingerprint density at radius 3 is 2.66 bits per heavy atom. The molecule has 168 valence electrons. The van der Waals surface area contributed by atoms with E-state index < -0.39 is 0 Å². The summed E-state index contributed by atoms with van der Waals surface area (Å²) in [5.74, 6) is 1.81. The van der Waals surface area contributed by atoms with Crippen molar-refractivity contribution in [2.45, 2.75) is 32.9 Å². The molecule has 2 aromatic heterocycles. The van der Waals surface area contributed by atoms with E-state index in [1.807, 2.05) is 18.2 Å². The van der Waals surface area contributed by atoms with E-state index in [0.29, 0.717) is 6.54 Å². The van der Waals surface area contributed by atoms with Crippen LogP contribution in [0.1, 0.15) is 23.9 Å². The van der Waals surface area contributed by atoms with Crippen LogP contribution in [0.2, 0.25) is 0 Å². The van der Waals surface area contributed by atoms with Crippen molar-refractivity contribution < 1.29 is 0 Å². The van der Waals surface area contributed by atoms with E-state index in [2.05, 4.69) is 79.9 Å². The summed E-state index contributed by atoms with van der Waals surface area (Å²) in [6.45, 7) is 5.07. The summed E-state index contributed by atoms with van der Waals surface area (Å²) < 4.78 is 2.08. The first-order valence-corrected chi connectivity index (χ1v) is 10.8. The van der Waals surface area contributed by atoms with Gasteiger partial charge in [-0.15, -0.1) is 34.2 Å². The van der Waals surface area contributed by atoms with E-state index >= 15 is 0 Å². The fourth-order valence-corrected chi connectivity index (χ4v) is 3.62. The highest BCUT2D eigenvalue weighted by molar-refractivity contribution is 14.0. The van der Waals surface area contributed by atoms with Crippen LogP contribution in [0.25, 0.3) is 10.9 Å². The molecule has 0 bridgehead atoms. The number of aromatic nitrogens is 4. The highest BCUT2D eigenvalue weighted by atomic mass is 127. The molecule has 2 heterocycles. The van der Waals surface area contributed by atoms with E-state index in [1.54, 1.807) is 6.33 Å². The molecule has 0 fully saturated rings. The number of para-hydroxylation sites is 1. The average molecular weight is 543 g/mol. The summed E-state index contributed by atoms with van der Waals surface area (Å²) in [6.07, 6.45) is 5.67. The molecule has 0 aliphatic heterocycles. The number of halogens is 1. The van der Waals surface area contributed by atoms with E-state index in [9.17, 15) is 0 Å². The fourth-order valence-electron chi connectivity index (χ4n) is 3.62. The number of guanidine groups is 1. The molecular weight excluding hydrogens is 513 g/mol. The van der Waals surface area contributed by atoms with Crippen LogP contribution in [0.5, 0.6) is 0 Å². The predicted molar refractivity (Wildman–Crippen MR) is 140 cm³/mol. The minimum atomic E-state index is 0. The number of nitrogens with one attached hydrogen (secondary N) is 3. The van der Waals surface area contributed by atoms with Crippen molar-refractivity contribution in [2.24, 2.45) is 4.99 Å². The molecule has 0 radical (unpaired) electrons. The van der Waals surface area contributed by atoms with Crippen molar-refractivity contribution in [3.63, 3.8) is 0 Å². The van der Waals surface area contributed by atoms with E-state index in [1.165, 1.54) is 22.0 Å². The van der Waals surface area contributed by atoms with Crippen LogP contribution >= 0.6 is 24.0 Å². The number of benzene rings is 2. The number of rotatable bonds is 9. The maximum atomic E-state index is 4.78. The number of aromatic amines is 1. The first kappa shape index (κ1) is 23.8. The summed E-state index contributed by atoms with van der Waals surface area (Å²) in [7, 11) is 0. The molecule has 3 N–H and O–H groups in total. The first-order chi connectivity index (χ1) is 15.3. The van der Waals surface area contributed by atoms with Gasteiger partial charge in [-0.2, -0.15) is 0 Å². The fraction of sp³-hybridized carbons (Fsp3) is 0.292. The maximum absolute atomic E-state index is 4.78. The van der Waals surface area contributed by atoms with Crippen LogP contribution in [0, 0.1) is 0 Å². The first-order valence-electron chi connectivity index (χ1n) is 10.8. The Kier molecular flexibility index (Phi) is 9.09. The van der Waals surface area contributed by atoms with Gasteiger partial charge >= 0.3 is 0 Å². The lowest BCUT2D eigenvalue weighted by Gasteiger charge is -2.13. The predicted octanol–water partition coefficient (Wildman–Crippen LogP) is 3.92. The lowest BCUT2D eigenvalue weighted by molar-refractivity contribution is 0.631. The Hall–Kier alpha value is -2.88. The third kappa shape index (κ3) is 6.32. The molecule has 0 amide bonds. The lowest BCUT2D eigenvalue weighted by Crippen LogP contribution is -2.40. The van der Waals surface area contributed by atoms with Crippen LogP contribution in [-0.4, -0.2) is 38.8 Å². The third-order valence-corrected chi connectivity index (χ3v) is 5.28. The molecule has 0 spiro atoms. The molecule has 7 nitrogen and oxygen atoms in total. The minimum absolute atomic E-state index is 0. The smallest absolute Gasteiger partial charge is 0.191 e. The van der Waals surface area contributed by atoms with Crippen molar-refractivity contribution in [2.75, 3.05) is 13.1 Å². The summed E-state index contributed by atoms with van der Waals surface area (Å²) in [5.41, 5.74) is 3.67. The number of aryl methyl sites for hydroxylation is 1. The zero-order valence-corrected chi connectivity index (χ0v) is 20.6. The highest BCUT2D eigenvalue weighted by Gasteiger charge is 2.05. The average Bonchev–Trinajstić information content (AvgIpc) is 3.44. The molecule has 0 saturated carbocycles. The third-order valence-electron chi connectivity index (χ3n) is 5.28.